The third-order valence-electron chi connectivity index (χ3n) is 7.94. The van der Waals surface area contributed by atoms with E-state index in [2.05, 4.69) is 73.9 Å². The van der Waals surface area contributed by atoms with Crippen LogP contribution in [0.3, 0.4) is 0 Å². The van der Waals surface area contributed by atoms with Crippen LogP contribution in [0.2, 0.25) is 0 Å². The molecule has 4 N–H and O–H groups in total. The Labute approximate surface area is 179 Å². The highest BCUT2D eigenvalue weighted by Gasteiger charge is 2.41. The molecule has 2 aromatic carbocycles. The van der Waals surface area contributed by atoms with Gasteiger partial charge in [-0.05, 0) is 75.9 Å². The molecule has 0 bridgehead atoms. The maximum absolute atomic E-state index is 13.4. The minimum atomic E-state index is -0.115. The zero-order valence-electron chi connectivity index (χ0n) is 18.4. The van der Waals surface area contributed by atoms with Crippen molar-refractivity contribution in [3.63, 3.8) is 0 Å². The van der Waals surface area contributed by atoms with Gasteiger partial charge in [0.05, 0.1) is 0 Å². The largest absolute Gasteiger partial charge is 0.365 e. The Morgan fingerprint density at radius 1 is 0.733 bits per heavy atom. The lowest BCUT2D eigenvalue weighted by Crippen LogP contribution is -2.48. The summed E-state index contributed by atoms with van der Waals surface area (Å²) in [5.74, 6) is 0.117. The van der Waals surface area contributed by atoms with Gasteiger partial charge < -0.3 is 21.3 Å². The van der Waals surface area contributed by atoms with Crippen LogP contribution in [0.25, 0.3) is 11.1 Å². The molecule has 30 heavy (non-hydrogen) atoms. The van der Waals surface area contributed by atoms with Crippen LogP contribution in [0, 0.1) is 0 Å². The second-order valence-electron chi connectivity index (χ2n) is 10.2. The summed E-state index contributed by atoms with van der Waals surface area (Å²) in [4.78, 5) is 18.1. The maximum atomic E-state index is 13.4. The smallest absolute Gasteiger partial charge is 0.194 e. The number of benzene rings is 2. The molecule has 3 aliphatic rings. The second-order valence-corrected chi connectivity index (χ2v) is 10.2. The predicted octanol–water partition coefficient (Wildman–Crippen LogP) is 3.53. The summed E-state index contributed by atoms with van der Waals surface area (Å²) >= 11 is 0. The molecule has 0 spiro atoms. The van der Waals surface area contributed by atoms with Crippen LogP contribution in [0.15, 0.2) is 36.4 Å². The number of nitrogens with zero attached hydrogens (tertiary/aromatic N) is 2. The summed E-state index contributed by atoms with van der Waals surface area (Å²) in [6.07, 6.45) is 1.94. The molecule has 2 aliphatic heterocycles. The predicted molar refractivity (Wildman–Crippen MR) is 123 cm³/mol. The molecule has 2 unspecified atom stereocenters. The van der Waals surface area contributed by atoms with E-state index in [0.29, 0.717) is 0 Å². The summed E-state index contributed by atoms with van der Waals surface area (Å²) in [5.41, 5.74) is 18.3. The summed E-state index contributed by atoms with van der Waals surface area (Å²) < 4.78 is 0. The normalized spacial score (nSPS) is 26.3. The van der Waals surface area contributed by atoms with E-state index in [9.17, 15) is 4.79 Å². The number of carbonyl (C=O) groups excluding carboxylic acids is 1. The van der Waals surface area contributed by atoms with Crippen molar-refractivity contribution in [1.29, 1.82) is 0 Å². The van der Waals surface area contributed by atoms with Crippen LogP contribution < -0.4 is 21.3 Å². The lowest BCUT2D eigenvalue weighted by Gasteiger charge is -2.36. The van der Waals surface area contributed by atoms with Crippen molar-refractivity contribution in [3.05, 3.63) is 47.5 Å². The minimum absolute atomic E-state index is 0.115. The topological polar surface area (TPSA) is 75.6 Å². The lowest BCUT2D eigenvalue weighted by molar-refractivity contribution is 0.104. The van der Waals surface area contributed by atoms with Gasteiger partial charge in [0.15, 0.2) is 5.78 Å². The van der Waals surface area contributed by atoms with Crippen LogP contribution in [-0.4, -0.2) is 42.0 Å². The van der Waals surface area contributed by atoms with Gasteiger partial charge >= 0.3 is 0 Å². The maximum Gasteiger partial charge on any atom is 0.194 e. The monoisotopic (exact) mass is 404 g/mol. The average molecular weight is 405 g/mol. The number of ketones is 1. The molecular formula is C25H32N4O. The lowest BCUT2D eigenvalue weighted by atomic mass is 9.95. The molecule has 2 fully saturated rings. The zero-order chi connectivity index (χ0) is 21.4. The standard InChI is InChI=1S/C25H32N4O/c1-24(2)21(26)9-11-28(24)15-5-7-17-18-8-6-16(14-20(18)23(30)19(17)13-15)29-12-10-22(27)25(29,3)4/h5-8,13-14,21-22H,9-12,26-27H2,1-4H3. The second kappa shape index (κ2) is 6.32. The van der Waals surface area contributed by atoms with E-state index in [1.165, 1.54) is 0 Å². The molecule has 2 aromatic rings. The Bertz CT molecular complexity index is 960. The summed E-state index contributed by atoms with van der Waals surface area (Å²) in [6, 6.07) is 12.9. The van der Waals surface area contributed by atoms with Gasteiger partial charge in [-0.25, -0.2) is 0 Å². The van der Waals surface area contributed by atoms with Crippen molar-refractivity contribution in [2.24, 2.45) is 11.5 Å². The Morgan fingerprint density at radius 3 is 1.47 bits per heavy atom. The fraction of sp³-hybridized carbons (Fsp3) is 0.480. The summed E-state index contributed by atoms with van der Waals surface area (Å²) in [7, 11) is 0. The van der Waals surface area contributed by atoms with E-state index < -0.39 is 0 Å². The first kappa shape index (κ1) is 19.6. The van der Waals surface area contributed by atoms with E-state index in [1.54, 1.807) is 0 Å². The van der Waals surface area contributed by atoms with Crippen molar-refractivity contribution in [2.45, 2.75) is 63.7 Å². The van der Waals surface area contributed by atoms with Crippen molar-refractivity contribution in [2.75, 3.05) is 22.9 Å². The van der Waals surface area contributed by atoms with Crippen molar-refractivity contribution in [3.8, 4) is 11.1 Å². The fourth-order valence-corrected chi connectivity index (χ4v) is 5.53. The SMILES string of the molecule is CC1(C)C(N)CCN1c1ccc2c(c1)C(=O)c1cc(N3CCC(N)C3(C)C)ccc1-2. The first-order valence-corrected chi connectivity index (χ1v) is 11.0. The van der Waals surface area contributed by atoms with Gasteiger partial charge in [-0.1, -0.05) is 12.1 Å². The Morgan fingerprint density at radius 2 is 1.13 bits per heavy atom. The van der Waals surface area contributed by atoms with Crippen molar-refractivity contribution >= 4 is 17.2 Å². The molecule has 158 valence electrons. The summed E-state index contributed by atoms with van der Waals surface area (Å²) in [6.45, 7) is 10.6. The van der Waals surface area contributed by atoms with Crippen molar-refractivity contribution < 1.29 is 4.79 Å². The molecule has 1 aliphatic carbocycles. The number of anilines is 2. The average Bonchev–Trinajstić information content (AvgIpc) is 3.25. The number of rotatable bonds is 2. The van der Waals surface area contributed by atoms with Gasteiger partial charge in [0.2, 0.25) is 0 Å². The van der Waals surface area contributed by atoms with E-state index in [1.807, 2.05) is 0 Å². The van der Waals surface area contributed by atoms with Crippen LogP contribution in [-0.2, 0) is 0 Å². The van der Waals surface area contributed by atoms with E-state index in [-0.39, 0.29) is 28.9 Å². The van der Waals surface area contributed by atoms with Crippen molar-refractivity contribution in [1.82, 2.24) is 0 Å². The van der Waals surface area contributed by atoms with Crippen LogP contribution >= 0.6 is 0 Å². The Balaban J connectivity index is 1.51. The minimum Gasteiger partial charge on any atom is -0.365 e. The highest BCUT2D eigenvalue weighted by molar-refractivity contribution is 6.22. The molecule has 0 aromatic heterocycles. The first-order chi connectivity index (χ1) is 14.1. The fourth-order valence-electron chi connectivity index (χ4n) is 5.53. The van der Waals surface area contributed by atoms with E-state index in [0.717, 1.165) is 59.6 Å². The third-order valence-corrected chi connectivity index (χ3v) is 7.94. The zero-order valence-corrected chi connectivity index (χ0v) is 18.4. The Hall–Kier alpha value is -2.37. The molecule has 2 heterocycles. The van der Waals surface area contributed by atoms with Gasteiger partial charge in [-0.3, -0.25) is 4.79 Å². The van der Waals surface area contributed by atoms with Gasteiger partial charge in [-0.15, -0.1) is 0 Å². The summed E-state index contributed by atoms with van der Waals surface area (Å²) in [5, 5.41) is 0. The van der Waals surface area contributed by atoms with Gasteiger partial charge in [0.1, 0.15) is 0 Å². The Kier molecular flexibility index (Phi) is 4.12. The number of carbonyl (C=O) groups is 1. The highest BCUT2D eigenvalue weighted by atomic mass is 16.1. The van der Waals surface area contributed by atoms with Crippen LogP contribution in [0.5, 0.6) is 0 Å². The highest BCUT2D eigenvalue weighted by Crippen LogP contribution is 2.43. The van der Waals surface area contributed by atoms with Gasteiger partial charge in [0.25, 0.3) is 0 Å². The number of nitrogens with two attached hydrogens (primary N) is 2. The quantitative estimate of drug-likeness (QED) is 0.683. The molecule has 5 heteroatoms. The number of fused-ring (bicyclic) bond motifs is 3. The van der Waals surface area contributed by atoms with Crippen LogP contribution in [0.4, 0.5) is 11.4 Å². The molecule has 5 rings (SSSR count). The molecule has 5 nitrogen and oxygen atoms in total. The molecule has 2 atom stereocenters. The first-order valence-electron chi connectivity index (χ1n) is 11.0. The molecule has 0 radical (unpaired) electrons. The molecule has 0 amide bonds. The number of hydrogen-bond donors (Lipinski definition) is 2. The molecular weight excluding hydrogens is 372 g/mol. The van der Waals surface area contributed by atoms with Gasteiger partial charge in [-0.2, -0.15) is 0 Å². The molecule has 0 saturated carbocycles. The number of hydrogen-bond acceptors (Lipinski definition) is 5. The molecule has 2 saturated heterocycles. The van der Waals surface area contributed by atoms with E-state index >= 15 is 0 Å². The van der Waals surface area contributed by atoms with Crippen LogP contribution in [0.1, 0.15) is 56.5 Å². The van der Waals surface area contributed by atoms with E-state index in [4.69, 9.17) is 11.5 Å². The van der Waals surface area contributed by atoms with Gasteiger partial charge in [0, 0.05) is 58.8 Å². The third kappa shape index (κ3) is 2.58.